The Bertz CT molecular complexity index is 1380. The van der Waals surface area contributed by atoms with Crippen LogP contribution in [0.25, 0.3) is 11.2 Å². The number of rotatable bonds is 5. The van der Waals surface area contributed by atoms with Crippen molar-refractivity contribution >= 4 is 44.0 Å². The number of aryl methyl sites for hydroxylation is 1. The van der Waals surface area contributed by atoms with E-state index in [0.717, 1.165) is 43.5 Å². The number of benzene rings is 1. The molecule has 0 aliphatic carbocycles. The van der Waals surface area contributed by atoms with E-state index in [2.05, 4.69) is 24.1 Å². The fourth-order valence-corrected chi connectivity index (χ4v) is 6.08. The molecule has 2 aromatic heterocycles. The van der Waals surface area contributed by atoms with Crippen molar-refractivity contribution in [2.45, 2.75) is 75.7 Å². The standard InChI is InChI=1S/C25H31ClN4O4S/c1-15-27-23-18(14-21(26)29-24(23)30(15)22-7-5-6-12-33-22)28-17-9-8-16(13-20(17)35(4,31)32)19-10-11-25(2,3)34-19/h8-9,13-14,19,22H,5-7,10-12H2,1-4H3,(H,28,29)/t19-,22?/m0/s1. The summed E-state index contributed by atoms with van der Waals surface area (Å²) < 4.78 is 39.7. The maximum absolute atomic E-state index is 12.8. The maximum atomic E-state index is 12.8. The minimum atomic E-state index is -3.53. The van der Waals surface area contributed by atoms with Gasteiger partial charge in [0.25, 0.3) is 0 Å². The molecule has 0 radical (unpaired) electrons. The lowest BCUT2D eigenvalue weighted by Gasteiger charge is -2.25. The molecule has 0 spiro atoms. The molecule has 1 unspecified atom stereocenters. The van der Waals surface area contributed by atoms with Crippen LogP contribution < -0.4 is 5.32 Å². The van der Waals surface area contributed by atoms with Crippen LogP contribution in [-0.4, -0.2) is 41.4 Å². The Morgan fingerprint density at radius 2 is 1.94 bits per heavy atom. The molecule has 188 valence electrons. The summed E-state index contributed by atoms with van der Waals surface area (Å²) in [6.07, 6.45) is 5.70. The summed E-state index contributed by atoms with van der Waals surface area (Å²) in [6, 6.07) is 7.09. The molecule has 0 amide bonds. The predicted molar refractivity (Wildman–Crippen MR) is 136 cm³/mol. The molecule has 3 aromatic rings. The van der Waals surface area contributed by atoms with Crippen molar-refractivity contribution < 1.29 is 17.9 Å². The summed E-state index contributed by atoms with van der Waals surface area (Å²) in [5.41, 5.74) is 2.92. The summed E-state index contributed by atoms with van der Waals surface area (Å²) in [6.45, 7) is 6.72. The molecule has 2 fully saturated rings. The van der Waals surface area contributed by atoms with Gasteiger partial charge in [0.1, 0.15) is 22.7 Å². The largest absolute Gasteiger partial charge is 0.368 e. The highest BCUT2D eigenvalue weighted by Gasteiger charge is 2.33. The Hall–Kier alpha value is -2.20. The van der Waals surface area contributed by atoms with Gasteiger partial charge < -0.3 is 14.8 Å². The minimum Gasteiger partial charge on any atom is -0.368 e. The second kappa shape index (κ2) is 9.03. The third kappa shape index (κ3) is 4.91. The maximum Gasteiger partial charge on any atom is 0.177 e. The summed E-state index contributed by atoms with van der Waals surface area (Å²) in [5.74, 6) is 0.768. The van der Waals surface area contributed by atoms with Crippen molar-refractivity contribution in [3.8, 4) is 0 Å². The molecule has 1 N–H and O–H groups in total. The molecule has 2 aliphatic heterocycles. The number of nitrogens with zero attached hydrogens (tertiary/aromatic N) is 3. The number of anilines is 2. The van der Waals surface area contributed by atoms with Crippen molar-refractivity contribution in [2.24, 2.45) is 0 Å². The van der Waals surface area contributed by atoms with Crippen molar-refractivity contribution in [1.82, 2.24) is 14.5 Å². The Morgan fingerprint density at radius 1 is 1.14 bits per heavy atom. The number of hydrogen-bond donors (Lipinski definition) is 1. The lowest BCUT2D eigenvalue weighted by Crippen LogP contribution is -2.19. The van der Waals surface area contributed by atoms with Crippen LogP contribution in [-0.2, 0) is 19.3 Å². The van der Waals surface area contributed by atoms with Crippen molar-refractivity contribution in [1.29, 1.82) is 0 Å². The van der Waals surface area contributed by atoms with E-state index in [0.29, 0.717) is 29.1 Å². The van der Waals surface area contributed by atoms with Crippen LogP contribution in [0.2, 0.25) is 5.15 Å². The fourth-order valence-electron chi connectivity index (χ4n) is 5.02. The topological polar surface area (TPSA) is 95.3 Å². The molecule has 2 aliphatic rings. The minimum absolute atomic E-state index is 0.129. The van der Waals surface area contributed by atoms with Gasteiger partial charge in [-0.2, -0.15) is 0 Å². The van der Waals surface area contributed by atoms with E-state index in [-0.39, 0.29) is 28.0 Å². The average molecular weight is 519 g/mol. The number of imidazole rings is 1. The van der Waals surface area contributed by atoms with Crippen LogP contribution in [0.1, 0.15) is 69.7 Å². The Balaban J connectivity index is 1.55. The zero-order valence-electron chi connectivity index (χ0n) is 20.5. The quantitative estimate of drug-likeness (QED) is 0.422. The second-order valence-corrected chi connectivity index (χ2v) is 12.4. The van der Waals surface area contributed by atoms with Gasteiger partial charge in [-0.3, -0.25) is 4.57 Å². The molecular weight excluding hydrogens is 488 g/mol. The Labute approximate surface area is 210 Å². The second-order valence-electron chi connectivity index (χ2n) is 10.1. The summed E-state index contributed by atoms with van der Waals surface area (Å²) in [5, 5.41) is 3.57. The van der Waals surface area contributed by atoms with Gasteiger partial charge in [0.05, 0.1) is 28.0 Å². The van der Waals surface area contributed by atoms with E-state index in [1.165, 1.54) is 6.26 Å². The van der Waals surface area contributed by atoms with Crippen molar-refractivity contribution in [2.75, 3.05) is 18.2 Å². The average Bonchev–Trinajstić information content (AvgIpc) is 3.32. The van der Waals surface area contributed by atoms with E-state index < -0.39 is 9.84 Å². The molecule has 8 nitrogen and oxygen atoms in total. The molecule has 35 heavy (non-hydrogen) atoms. The van der Waals surface area contributed by atoms with Gasteiger partial charge in [0.2, 0.25) is 0 Å². The number of hydrogen-bond acceptors (Lipinski definition) is 7. The van der Waals surface area contributed by atoms with Crippen LogP contribution in [0.4, 0.5) is 11.4 Å². The van der Waals surface area contributed by atoms with Gasteiger partial charge in [-0.25, -0.2) is 18.4 Å². The third-order valence-corrected chi connectivity index (χ3v) is 8.08. The first-order valence-corrected chi connectivity index (χ1v) is 14.2. The molecule has 0 saturated carbocycles. The zero-order chi connectivity index (χ0) is 25.0. The van der Waals surface area contributed by atoms with Crippen LogP contribution in [0, 0.1) is 6.92 Å². The predicted octanol–water partition coefficient (Wildman–Crippen LogP) is 5.87. The molecule has 4 heterocycles. The molecule has 2 atom stereocenters. The van der Waals surface area contributed by atoms with Crippen LogP contribution in [0.3, 0.4) is 0 Å². The highest BCUT2D eigenvalue weighted by molar-refractivity contribution is 7.90. The Morgan fingerprint density at radius 3 is 2.60 bits per heavy atom. The normalized spacial score (nSPS) is 22.5. The number of ether oxygens (including phenoxy) is 2. The molecule has 2 saturated heterocycles. The third-order valence-electron chi connectivity index (χ3n) is 6.75. The van der Waals surface area contributed by atoms with Crippen molar-refractivity contribution in [3.05, 3.63) is 40.8 Å². The summed E-state index contributed by atoms with van der Waals surface area (Å²) in [4.78, 5) is 9.48. The van der Waals surface area contributed by atoms with E-state index in [4.69, 9.17) is 26.1 Å². The monoisotopic (exact) mass is 518 g/mol. The fraction of sp³-hybridized carbons (Fsp3) is 0.520. The molecule has 5 rings (SSSR count). The van der Waals surface area contributed by atoms with Crippen LogP contribution in [0.5, 0.6) is 0 Å². The smallest absolute Gasteiger partial charge is 0.177 e. The number of aromatic nitrogens is 3. The molecular formula is C25H31ClN4O4S. The van der Waals surface area contributed by atoms with Gasteiger partial charge in [-0.05, 0) is 70.6 Å². The number of pyridine rings is 1. The van der Waals surface area contributed by atoms with Crippen LogP contribution >= 0.6 is 11.6 Å². The zero-order valence-corrected chi connectivity index (χ0v) is 22.0. The Kier molecular flexibility index (Phi) is 6.32. The van der Waals surface area contributed by atoms with E-state index in [1.807, 2.05) is 17.6 Å². The van der Waals surface area contributed by atoms with E-state index >= 15 is 0 Å². The van der Waals surface area contributed by atoms with Gasteiger partial charge in [0, 0.05) is 18.9 Å². The summed E-state index contributed by atoms with van der Waals surface area (Å²) >= 11 is 6.41. The van der Waals surface area contributed by atoms with Crippen LogP contribution in [0.15, 0.2) is 29.2 Å². The van der Waals surface area contributed by atoms with Gasteiger partial charge in [-0.15, -0.1) is 0 Å². The first kappa shape index (κ1) is 24.5. The number of halogens is 1. The molecule has 0 bridgehead atoms. The van der Waals surface area contributed by atoms with Crippen molar-refractivity contribution in [3.63, 3.8) is 0 Å². The van der Waals surface area contributed by atoms with Gasteiger partial charge >= 0.3 is 0 Å². The highest BCUT2D eigenvalue weighted by atomic mass is 35.5. The number of sulfone groups is 1. The van der Waals surface area contributed by atoms with E-state index in [9.17, 15) is 8.42 Å². The lowest BCUT2D eigenvalue weighted by molar-refractivity contribution is -0.0309. The molecule has 1 aromatic carbocycles. The van der Waals surface area contributed by atoms with Gasteiger partial charge in [-0.1, -0.05) is 17.7 Å². The number of fused-ring (bicyclic) bond motifs is 1. The highest BCUT2D eigenvalue weighted by Crippen LogP contribution is 2.41. The first-order valence-electron chi connectivity index (χ1n) is 12.0. The first-order chi connectivity index (χ1) is 16.5. The summed E-state index contributed by atoms with van der Waals surface area (Å²) in [7, 11) is -3.53. The SMILES string of the molecule is Cc1nc2c(Nc3ccc([C@@H]4CCC(C)(C)O4)cc3S(C)(=O)=O)cc(Cl)nc2n1C1CCCCO1. The lowest BCUT2D eigenvalue weighted by atomic mass is 10.0. The number of nitrogens with one attached hydrogen (secondary N) is 1. The molecule has 10 heteroatoms. The van der Waals surface area contributed by atoms with Gasteiger partial charge in [0.15, 0.2) is 15.5 Å². The van der Waals surface area contributed by atoms with E-state index in [1.54, 1.807) is 18.2 Å².